The topological polar surface area (TPSA) is 29.5 Å². The molecule has 0 aliphatic rings. The van der Waals surface area contributed by atoms with E-state index in [0.29, 0.717) is 0 Å². The van der Waals surface area contributed by atoms with E-state index in [1.807, 2.05) is 43.4 Å². The number of benzene rings is 1. The second kappa shape index (κ2) is 5.69. The van der Waals surface area contributed by atoms with Gasteiger partial charge in [0, 0.05) is 19.2 Å². The number of para-hydroxylation sites is 1. The van der Waals surface area contributed by atoms with Crippen molar-refractivity contribution in [2.75, 3.05) is 19.1 Å². The number of ether oxygens (including phenoxy) is 1. The maximum Gasteiger partial charge on any atom is 0.160 e. The van der Waals surface area contributed by atoms with Gasteiger partial charge in [0.2, 0.25) is 0 Å². The van der Waals surface area contributed by atoms with Gasteiger partial charge in [-0.25, -0.2) is 0 Å². The molecule has 0 fully saturated rings. The van der Waals surface area contributed by atoms with Gasteiger partial charge >= 0.3 is 0 Å². The molecule has 0 radical (unpaired) electrons. The second-order valence-corrected chi connectivity index (χ2v) is 5.06. The third-order valence-electron chi connectivity index (χ3n) is 2.71. The molecule has 2 rings (SSSR count). The Kier molecular flexibility index (Phi) is 3.99. The maximum atomic E-state index is 10.7. The molecule has 0 aliphatic carbocycles. The van der Waals surface area contributed by atoms with Crippen LogP contribution in [0.5, 0.6) is 5.75 Å². The van der Waals surface area contributed by atoms with E-state index in [0.717, 1.165) is 34.0 Å². The van der Waals surface area contributed by atoms with Gasteiger partial charge in [-0.05, 0) is 18.2 Å². The smallest absolute Gasteiger partial charge is 0.160 e. The summed E-state index contributed by atoms with van der Waals surface area (Å²) >= 11 is 1.49. The number of rotatable bonds is 5. The summed E-state index contributed by atoms with van der Waals surface area (Å²) in [5.74, 6) is 0.886. The standard InChI is InChI=1S/C14H15NO2S/c1-15(14-8-7-12(10-16)18-14)9-11-5-3-4-6-13(11)17-2/h3-8,10H,9H2,1-2H3. The fourth-order valence-electron chi connectivity index (χ4n) is 1.78. The normalized spacial score (nSPS) is 10.1. The van der Waals surface area contributed by atoms with E-state index < -0.39 is 0 Å². The van der Waals surface area contributed by atoms with Crippen molar-refractivity contribution in [2.45, 2.75) is 6.54 Å². The van der Waals surface area contributed by atoms with Crippen LogP contribution in [0.3, 0.4) is 0 Å². The van der Waals surface area contributed by atoms with Crippen LogP contribution >= 0.6 is 11.3 Å². The van der Waals surface area contributed by atoms with E-state index in [4.69, 9.17) is 4.74 Å². The predicted octanol–water partition coefficient (Wildman–Crippen LogP) is 3.21. The van der Waals surface area contributed by atoms with Crippen molar-refractivity contribution >= 4 is 22.6 Å². The molecule has 0 saturated heterocycles. The number of thiophene rings is 1. The molecule has 0 unspecified atom stereocenters. The van der Waals surface area contributed by atoms with Gasteiger partial charge in [-0.3, -0.25) is 4.79 Å². The number of hydrogen-bond acceptors (Lipinski definition) is 4. The highest BCUT2D eigenvalue weighted by atomic mass is 32.1. The zero-order valence-corrected chi connectivity index (χ0v) is 11.2. The highest BCUT2D eigenvalue weighted by Crippen LogP contribution is 2.27. The number of carbonyl (C=O) groups excluding carboxylic acids is 1. The highest BCUT2D eigenvalue weighted by molar-refractivity contribution is 7.17. The Labute approximate surface area is 111 Å². The maximum absolute atomic E-state index is 10.7. The van der Waals surface area contributed by atoms with E-state index in [9.17, 15) is 4.79 Å². The van der Waals surface area contributed by atoms with Crippen molar-refractivity contribution in [1.29, 1.82) is 0 Å². The number of anilines is 1. The van der Waals surface area contributed by atoms with Crippen LogP contribution in [-0.4, -0.2) is 20.4 Å². The van der Waals surface area contributed by atoms with E-state index >= 15 is 0 Å². The van der Waals surface area contributed by atoms with Gasteiger partial charge in [0.1, 0.15) is 5.75 Å². The van der Waals surface area contributed by atoms with Crippen LogP contribution in [0.4, 0.5) is 5.00 Å². The van der Waals surface area contributed by atoms with Crippen LogP contribution in [0.1, 0.15) is 15.2 Å². The van der Waals surface area contributed by atoms with Crippen molar-refractivity contribution in [3.8, 4) is 5.75 Å². The number of carbonyl (C=O) groups is 1. The minimum Gasteiger partial charge on any atom is -0.496 e. The predicted molar refractivity (Wildman–Crippen MR) is 74.8 cm³/mol. The lowest BCUT2D eigenvalue weighted by molar-refractivity contribution is 0.112. The average Bonchev–Trinajstić information content (AvgIpc) is 2.88. The van der Waals surface area contributed by atoms with E-state index in [2.05, 4.69) is 4.90 Å². The quantitative estimate of drug-likeness (QED) is 0.774. The molecule has 4 heteroatoms. The van der Waals surface area contributed by atoms with Crippen LogP contribution < -0.4 is 9.64 Å². The van der Waals surface area contributed by atoms with E-state index in [-0.39, 0.29) is 0 Å². The summed E-state index contributed by atoms with van der Waals surface area (Å²) in [6, 6.07) is 11.8. The summed E-state index contributed by atoms with van der Waals surface area (Å²) in [6.07, 6.45) is 0.880. The Morgan fingerprint density at radius 3 is 2.72 bits per heavy atom. The minimum atomic E-state index is 0.747. The van der Waals surface area contributed by atoms with E-state index in [1.54, 1.807) is 7.11 Å². The first-order valence-electron chi connectivity index (χ1n) is 5.62. The lowest BCUT2D eigenvalue weighted by Gasteiger charge is -2.18. The highest BCUT2D eigenvalue weighted by Gasteiger charge is 2.08. The molecule has 3 nitrogen and oxygen atoms in total. The third kappa shape index (κ3) is 2.71. The molecular formula is C14H15NO2S. The molecule has 0 N–H and O–H groups in total. The van der Waals surface area contributed by atoms with Crippen LogP contribution in [0, 0.1) is 0 Å². The summed E-state index contributed by atoms with van der Waals surface area (Å²) in [7, 11) is 3.68. The summed E-state index contributed by atoms with van der Waals surface area (Å²) in [4.78, 5) is 13.5. The summed E-state index contributed by atoms with van der Waals surface area (Å²) in [5, 5.41) is 1.07. The van der Waals surface area contributed by atoms with Crippen molar-refractivity contribution < 1.29 is 9.53 Å². The lowest BCUT2D eigenvalue weighted by atomic mass is 10.2. The molecule has 1 heterocycles. The van der Waals surface area contributed by atoms with Crippen LogP contribution in [0.15, 0.2) is 36.4 Å². The molecule has 0 amide bonds. The van der Waals surface area contributed by atoms with Gasteiger partial charge in [-0.1, -0.05) is 18.2 Å². The first-order chi connectivity index (χ1) is 8.74. The monoisotopic (exact) mass is 261 g/mol. The molecule has 18 heavy (non-hydrogen) atoms. The molecule has 0 bridgehead atoms. The summed E-state index contributed by atoms with van der Waals surface area (Å²) < 4.78 is 5.33. The molecule has 0 atom stereocenters. The van der Waals surface area contributed by atoms with Gasteiger partial charge in [0.15, 0.2) is 6.29 Å². The fourth-order valence-corrected chi connectivity index (χ4v) is 2.56. The third-order valence-corrected chi connectivity index (χ3v) is 3.83. The zero-order valence-electron chi connectivity index (χ0n) is 10.4. The number of nitrogens with zero attached hydrogens (tertiary/aromatic N) is 1. The van der Waals surface area contributed by atoms with Gasteiger partial charge in [0.05, 0.1) is 17.0 Å². The van der Waals surface area contributed by atoms with Crippen molar-refractivity contribution in [3.63, 3.8) is 0 Å². The van der Waals surface area contributed by atoms with Gasteiger partial charge in [-0.15, -0.1) is 11.3 Å². The van der Waals surface area contributed by atoms with Crippen molar-refractivity contribution in [2.24, 2.45) is 0 Å². The summed E-state index contributed by atoms with van der Waals surface area (Å²) in [5.41, 5.74) is 1.13. The lowest BCUT2D eigenvalue weighted by Crippen LogP contribution is -2.15. The van der Waals surface area contributed by atoms with Crippen molar-refractivity contribution in [1.82, 2.24) is 0 Å². The van der Waals surface area contributed by atoms with Gasteiger partial charge in [-0.2, -0.15) is 0 Å². The Morgan fingerprint density at radius 1 is 1.28 bits per heavy atom. The Balaban J connectivity index is 2.15. The number of hydrogen-bond donors (Lipinski definition) is 0. The molecule has 2 aromatic rings. The molecule has 0 aliphatic heterocycles. The molecule has 1 aromatic carbocycles. The Bertz CT molecular complexity index is 536. The minimum absolute atomic E-state index is 0.747. The molecule has 94 valence electrons. The largest absolute Gasteiger partial charge is 0.496 e. The molecular weight excluding hydrogens is 246 g/mol. The first kappa shape index (κ1) is 12.6. The van der Waals surface area contributed by atoms with Crippen LogP contribution in [0.2, 0.25) is 0 Å². The zero-order chi connectivity index (χ0) is 13.0. The summed E-state index contributed by atoms with van der Waals surface area (Å²) in [6.45, 7) is 0.753. The van der Waals surface area contributed by atoms with Crippen LogP contribution in [0.25, 0.3) is 0 Å². The van der Waals surface area contributed by atoms with Crippen molar-refractivity contribution in [3.05, 3.63) is 46.8 Å². The Hall–Kier alpha value is -1.81. The molecule has 0 saturated carbocycles. The molecule has 0 spiro atoms. The number of aldehydes is 1. The van der Waals surface area contributed by atoms with E-state index in [1.165, 1.54) is 11.3 Å². The molecule has 1 aromatic heterocycles. The van der Waals surface area contributed by atoms with Gasteiger partial charge < -0.3 is 9.64 Å². The van der Waals surface area contributed by atoms with Crippen LogP contribution in [-0.2, 0) is 6.54 Å². The second-order valence-electron chi connectivity index (χ2n) is 3.96. The SMILES string of the molecule is COc1ccccc1CN(C)c1ccc(C=O)s1. The average molecular weight is 261 g/mol. The first-order valence-corrected chi connectivity index (χ1v) is 6.44. The Morgan fingerprint density at radius 2 is 2.06 bits per heavy atom. The van der Waals surface area contributed by atoms with Gasteiger partial charge in [0.25, 0.3) is 0 Å². The fraction of sp³-hybridized carbons (Fsp3) is 0.214. The number of methoxy groups -OCH3 is 1.